The molecule has 1 amide bonds. The van der Waals surface area contributed by atoms with Crippen molar-refractivity contribution in [1.29, 1.82) is 0 Å². The third kappa shape index (κ3) is 1.32. The topological polar surface area (TPSA) is 49.0 Å². The number of amides is 1. The summed E-state index contributed by atoms with van der Waals surface area (Å²) in [5.41, 5.74) is 2.66. The van der Waals surface area contributed by atoms with E-state index in [4.69, 9.17) is 0 Å². The van der Waals surface area contributed by atoms with Crippen LogP contribution < -0.4 is 0 Å². The number of aromatic nitrogens is 2. The van der Waals surface area contributed by atoms with E-state index in [2.05, 4.69) is 10.2 Å². The lowest BCUT2D eigenvalue weighted by molar-refractivity contribution is 0.0771. The molecule has 1 saturated heterocycles. The lowest BCUT2D eigenvalue weighted by Gasteiger charge is -2.16. The number of nitrogens with zero attached hydrogens (tertiary/aromatic N) is 2. The predicted molar refractivity (Wildman–Crippen MR) is 68.3 cm³/mol. The number of fused-ring (bicyclic) bond motifs is 2. The fraction of sp³-hybridized carbons (Fsp3) is 0.429. The minimum absolute atomic E-state index is 0.107. The molecule has 1 aliphatic heterocycles. The van der Waals surface area contributed by atoms with E-state index in [0.29, 0.717) is 5.69 Å². The highest BCUT2D eigenvalue weighted by Crippen LogP contribution is 2.45. The molecule has 0 bridgehead atoms. The second kappa shape index (κ2) is 3.34. The van der Waals surface area contributed by atoms with Gasteiger partial charge in [0.2, 0.25) is 0 Å². The van der Waals surface area contributed by atoms with Crippen molar-refractivity contribution < 1.29 is 4.79 Å². The van der Waals surface area contributed by atoms with Crippen LogP contribution in [0, 0.1) is 18.8 Å². The molecule has 2 unspecified atom stereocenters. The van der Waals surface area contributed by atoms with Crippen molar-refractivity contribution in [1.82, 2.24) is 15.1 Å². The van der Waals surface area contributed by atoms with Gasteiger partial charge in [-0.15, -0.1) is 0 Å². The number of H-pyrrole nitrogens is 1. The Hall–Kier alpha value is -1.84. The van der Waals surface area contributed by atoms with E-state index < -0.39 is 0 Å². The SMILES string of the molecule is Cc1cccc2c(C(=O)N3CC4CC4C3)[nH]nc12. The molecule has 1 saturated carbocycles. The molecule has 1 aliphatic carbocycles. The third-order valence-corrected chi connectivity index (χ3v) is 4.27. The molecule has 2 aliphatic rings. The molecule has 92 valence electrons. The minimum Gasteiger partial charge on any atom is -0.337 e. The van der Waals surface area contributed by atoms with Gasteiger partial charge in [0.15, 0.2) is 0 Å². The molecule has 4 rings (SSSR count). The van der Waals surface area contributed by atoms with E-state index in [9.17, 15) is 4.79 Å². The molecule has 4 nitrogen and oxygen atoms in total. The first kappa shape index (κ1) is 10.1. The van der Waals surface area contributed by atoms with Crippen LogP contribution in [0.25, 0.3) is 10.9 Å². The summed E-state index contributed by atoms with van der Waals surface area (Å²) in [5, 5.41) is 8.13. The maximum Gasteiger partial charge on any atom is 0.272 e. The zero-order valence-electron chi connectivity index (χ0n) is 10.3. The number of piperidine rings is 1. The maximum atomic E-state index is 12.5. The van der Waals surface area contributed by atoms with Crippen molar-refractivity contribution in [2.24, 2.45) is 11.8 Å². The molecule has 2 atom stereocenters. The zero-order valence-corrected chi connectivity index (χ0v) is 10.3. The molecular weight excluding hydrogens is 226 g/mol. The van der Waals surface area contributed by atoms with E-state index >= 15 is 0 Å². The van der Waals surface area contributed by atoms with E-state index in [-0.39, 0.29) is 5.91 Å². The van der Waals surface area contributed by atoms with Crippen molar-refractivity contribution in [3.8, 4) is 0 Å². The Balaban J connectivity index is 1.73. The van der Waals surface area contributed by atoms with Crippen LogP contribution in [0.3, 0.4) is 0 Å². The van der Waals surface area contributed by atoms with Gasteiger partial charge in [0.1, 0.15) is 5.69 Å². The van der Waals surface area contributed by atoms with Crippen LogP contribution in [0.15, 0.2) is 18.2 Å². The lowest BCUT2D eigenvalue weighted by Crippen LogP contribution is -2.30. The molecular formula is C14H15N3O. The smallest absolute Gasteiger partial charge is 0.272 e. The molecule has 18 heavy (non-hydrogen) atoms. The molecule has 0 radical (unpaired) electrons. The average molecular weight is 241 g/mol. The number of carbonyl (C=O) groups excluding carboxylic acids is 1. The maximum absolute atomic E-state index is 12.5. The van der Waals surface area contributed by atoms with Gasteiger partial charge < -0.3 is 4.90 Å². The first-order valence-electron chi connectivity index (χ1n) is 6.47. The fourth-order valence-corrected chi connectivity index (χ4v) is 3.07. The second-order valence-electron chi connectivity index (χ2n) is 5.54. The van der Waals surface area contributed by atoms with Gasteiger partial charge in [0, 0.05) is 18.5 Å². The van der Waals surface area contributed by atoms with Crippen LogP contribution in [0.1, 0.15) is 22.5 Å². The third-order valence-electron chi connectivity index (χ3n) is 4.27. The highest BCUT2D eigenvalue weighted by molar-refractivity contribution is 6.05. The summed E-state index contributed by atoms with van der Waals surface area (Å²) in [6, 6.07) is 5.96. The number of hydrogen-bond donors (Lipinski definition) is 1. The van der Waals surface area contributed by atoms with E-state index in [1.807, 2.05) is 30.0 Å². The van der Waals surface area contributed by atoms with E-state index in [1.54, 1.807) is 0 Å². The number of nitrogens with one attached hydrogen (secondary N) is 1. The van der Waals surface area contributed by atoms with E-state index in [1.165, 1.54) is 6.42 Å². The number of hydrogen-bond acceptors (Lipinski definition) is 2. The average Bonchev–Trinajstić information content (AvgIpc) is 2.81. The molecule has 2 heterocycles. The van der Waals surface area contributed by atoms with Crippen molar-refractivity contribution in [3.05, 3.63) is 29.5 Å². The molecule has 1 N–H and O–H groups in total. The summed E-state index contributed by atoms with van der Waals surface area (Å²) in [4.78, 5) is 14.4. The van der Waals surface area contributed by atoms with Crippen LogP contribution in [-0.4, -0.2) is 34.1 Å². The van der Waals surface area contributed by atoms with Crippen molar-refractivity contribution in [2.75, 3.05) is 13.1 Å². The molecule has 1 aromatic heterocycles. The number of aromatic amines is 1. The highest BCUT2D eigenvalue weighted by Gasteiger charge is 2.47. The normalized spacial score (nSPS) is 25.5. The highest BCUT2D eigenvalue weighted by atomic mass is 16.2. The minimum atomic E-state index is 0.107. The van der Waals surface area contributed by atoms with Gasteiger partial charge >= 0.3 is 0 Å². The standard InChI is InChI=1S/C14H15N3O/c1-8-3-2-4-11-12(8)15-16-13(11)14(18)17-6-9-5-10(9)7-17/h2-4,9-10H,5-7H2,1H3,(H,15,16). The van der Waals surface area contributed by atoms with Gasteiger partial charge in [0.05, 0.1) is 5.52 Å². The van der Waals surface area contributed by atoms with Gasteiger partial charge in [-0.2, -0.15) is 5.10 Å². The van der Waals surface area contributed by atoms with Crippen LogP contribution in [-0.2, 0) is 0 Å². The molecule has 1 aromatic carbocycles. The van der Waals surface area contributed by atoms with Gasteiger partial charge in [-0.25, -0.2) is 0 Å². The molecule has 2 fully saturated rings. The largest absolute Gasteiger partial charge is 0.337 e. The number of likely N-dealkylation sites (tertiary alicyclic amines) is 1. The van der Waals surface area contributed by atoms with E-state index in [0.717, 1.165) is 41.4 Å². The number of rotatable bonds is 1. The number of para-hydroxylation sites is 1. The monoisotopic (exact) mass is 241 g/mol. The van der Waals surface area contributed by atoms with Gasteiger partial charge in [0.25, 0.3) is 5.91 Å². The van der Waals surface area contributed by atoms with Crippen LogP contribution in [0.2, 0.25) is 0 Å². The summed E-state index contributed by atoms with van der Waals surface area (Å²) in [7, 11) is 0. The van der Waals surface area contributed by atoms with Gasteiger partial charge in [-0.05, 0) is 30.7 Å². The Bertz CT molecular complexity index is 636. The molecule has 0 spiro atoms. The van der Waals surface area contributed by atoms with Crippen LogP contribution in [0.4, 0.5) is 0 Å². The second-order valence-corrected chi connectivity index (χ2v) is 5.54. The number of benzene rings is 1. The Kier molecular flexibility index (Phi) is 1.88. The molecule has 2 aromatic rings. The quantitative estimate of drug-likeness (QED) is 0.829. The van der Waals surface area contributed by atoms with Crippen molar-refractivity contribution in [2.45, 2.75) is 13.3 Å². The van der Waals surface area contributed by atoms with Gasteiger partial charge in [-0.1, -0.05) is 18.2 Å². The fourth-order valence-electron chi connectivity index (χ4n) is 3.07. The zero-order chi connectivity index (χ0) is 12.3. The van der Waals surface area contributed by atoms with Crippen molar-refractivity contribution in [3.63, 3.8) is 0 Å². The Morgan fingerprint density at radius 3 is 2.94 bits per heavy atom. The predicted octanol–water partition coefficient (Wildman–Crippen LogP) is 1.96. The van der Waals surface area contributed by atoms with Crippen molar-refractivity contribution >= 4 is 16.8 Å². The first-order valence-corrected chi connectivity index (χ1v) is 6.47. The number of aryl methyl sites for hydroxylation is 1. The number of carbonyl (C=O) groups is 1. The summed E-state index contributed by atoms with van der Waals surface area (Å²) >= 11 is 0. The Labute approximate surface area is 105 Å². The van der Waals surface area contributed by atoms with Gasteiger partial charge in [-0.3, -0.25) is 9.89 Å². The Morgan fingerprint density at radius 2 is 2.17 bits per heavy atom. The summed E-state index contributed by atoms with van der Waals surface area (Å²) in [5.74, 6) is 1.64. The van der Waals surface area contributed by atoms with Crippen LogP contribution in [0.5, 0.6) is 0 Å². The summed E-state index contributed by atoms with van der Waals surface area (Å²) in [6.45, 7) is 3.87. The first-order chi connectivity index (χ1) is 8.74. The van der Waals surface area contributed by atoms with Crippen LogP contribution >= 0.6 is 0 Å². The molecule has 4 heteroatoms. The Morgan fingerprint density at radius 1 is 1.39 bits per heavy atom. The summed E-state index contributed by atoms with van der Waals surface area (Å²) in [6.07, 6.45) is 1.31. The summed E-state index contributed by atoms with van der Waals surface area (Å²) < 4.78 is 0. The lowest BCUT2D eigenvalue weighted by atomic mass is 10.1.